The summed E-state index contributed by atoms with van der Waals surface area (Å²) in [5.41, 5.74) is 9.25. The predicted molar refractivity (Wildman–Crippen MR) is 146 cm³/mol. The third-order valence-electron chi connectivity index (χ3n) is 6.59. The number of aryl methyl sites for hydroxylation is 3. The molecule has 0 aliphatic rings. The first-order valence-electron chi connectivity index (χ1n) is 12.3. The van der Waals surface area contributed by atoms with Gasteiger partial charge in [-0.3, -0.25) is 4.79 Å². The molecule has 5 rings (SSSR count). The monoisotopic (exact) mass is 494 g/mol. The van der Waals surface area contributed by atoms with E-state index in [0.717, 1.165) is 40.1 Å². The van der Waals surface area contributed by atoms with Gasteiger partial charge in [0.05, 0.1) is 6.21 Å². The van der Waals surface area contributed by atoms with Crippen LogP contribution in [0, 0.1) is 20.8 Å². The number of fused-ring (bicyclic) bond motifs is 1. The van der Waals surface area contributed by atoms with Crippen LogP contribution in [0.5, 0.6) is 5.75 Å². The van der Waals surface area contributed by atoms with Crippen molar-refractivity contribution < 1.29 is 13.9 Å². The summed E-state index contributed by atoms with van der Waals surface area (Å²) >= 11 is 0. The molecule has 2 aromatic carbocycles. The Kier molecular flexibility index (Phi) is 6.68. The summed E-state index contributed by atoms with van der Waals surface area (Å²) in [5, 5.41) is 5.29. The van der Waals surface area contributed by atoms with Crippen molar-refractivity contribution in [1.82, 2.24) is 14.6 Å². The number of hydrogen-bond acceptors (Lipinski definition) is 4. The van der Waals surface area contributed by atoms with E-state index < -0.39 is 5.91 Å². The Bertz CT molecular complexity index is 1570. The van der Waals surface area contributed by atoms with Crippen molar-refractivity contribution in [2.24, 2.45) is 5.10 Å². The van der Waals surface area contributed by atoms with Crippen molar-refractivity contribution >= 4 is 23.0 Å². The molecule has 0 spiro atoms. The lowest BCUT2D eigenvalue weighted by molar-refractivity contribution is 0.0923. The number of amides is 1. The average Bonchev–Trinajstić information content (AvgIpc) is 3.59. The van der Waals surface area contributed by atoms with Crippen molar-refractivity contribution in [2.75, 3.05) is 0 Å². The second-order valence-electron chi connectivity index (χ2n) is 8.96. The molecule has 0 saturated carbocycles. The zero-order valence-electron chi connectivity index (χ0n) is 21.5. The molecule has 5 aromatic rings. The molecule has 7 nitrogen and oxygen atoms in total. The number of ether oxygens (including phenoxy) is 1. The van der Waals surface area contributed by atoms with Crippen LogP contribution in [-0.2, 0) is 13.2 Å². The maximum atomic E-state index is 12.6. The quantitative estimate of drug-likeness (QED) is 0.203. The molecule has 1 amide bonds. The first-order chi connectivity index (χ1) is 18.0. The lowest BCUT2D eigenvalue weighted by atomic mass is 10.1. The Hall–Kier alpha value is -4.52. The molecule has 7 heteroatoms. The smallest absolute Gasteiger partial charge is 0.307 e. The number of nitrogens with zero attached hydrogens (tertiary/aromatic N) is 3. The molecule has 0 unspecified atom stereocenters. The van der Waals surface area contributed by atoms with Crippen LogP contribution in [0.4, 0.5) is 0 Å². The minimum atomic E-state index is -0.416. The molecule has 1 N–H and O–H groups in total. The predicted octanol–water partition coefficient (Wildman–Crippen LogP) is 6.31. The fraction of sp³-hybridized carbons (Fsp3) is 0.200. The van der Waals surface area contributed by atoms with Gasteiger partial charge in [0, 0.05) is 45.8 Å². The molecule has 0 radical (unpaired) electrons. The SMILES string of the molecule is CCn1c(C)c(/C=N/NC(=O)c2ccc(COc3ccc(-n4c(C)ccc4C)cc3)o2)c2ccccc21. The normalized spacial score (nSPS) is 11.5. The van der Waals surface area contributed by atoms with E-state index in [4.69, 9.17) is 9.15 Å². The topological polar surface area (TPSA) is 73.7 Å². The Labute approximate surface area is 216 Å². The zero-order chi connectivity index (χ0) is 25.9. The van der Waals surface area contributed by atoms with Crippen LogP contribution < -0.4 is 10.2 Å². The van der Waals surface area contributed by atoms with Gasteiger partial charge in [-0.2, -0.15) is 5.10 Å². The summed E-state index contributed by atoms with van der Waals surface area (Å²) in [4.78, 5) is 12.6. The molecule has 0 fully saturated rings. The Balaban J connectivity index is 1.20. The van der Waals surface area contributed by atoms with Gasteiger partial charge >= 0.3 is 5.91 Å². The van der Waals surface area contributed by atoms with Crippen LogP contribution in [-0.4, -0.2) is 21.3 Å². The molecule has 37 heavy (non-hydrogen) atoms. The third-order valence-corrected chi connectivity index (χ3v) is 6.59. The lowest BCUT2D eigenvalue weighted by Gasteiger charge is -2.10. The van der Waals surface area contributed by atoms with E-state index in [2.05, 4.69) is 71.6 Å². The standard InChI is InChI=1S/C30H30N4O3/c1-5-33-22(4)27(26-8-6-7-9-28(26)33)18-31-32-30(35)29-17-16-25(37-29)19-36-24-14-12-23(13-15-24)34-20(2)10-11-21(34)3/h6-18H,5,19H2,1-4H3,(H,32,35)/b31-18+. The van der Waals surface area contributed by atoms with E-state index >= 15 is 0 Å². The van der Waals surface area contributed by atoms with E-state index in [-0.39, 0.29) is 12.4 Å². The van der Waals surface area contributed by atoms with Crippen LogP contribution in [0.1, 0.15) is 45.9 Å². The molecule has 0 aliphatic carbocycles. The van der Waals surface area contributed by atoms with E-state index in [1.165, 1.54) is 11.4 Å². The number of aromatic nitrogens is 2. The minimum Gasteiger partial charge on any atom is -0.486 e. The van der Waals surface area contributed by atoms with Gasteiger partial charge < -0.3 is 18.3 Å². The van der Waals surface area contributed by atoms with Gasteiger partial charge in [-0.15, -0.1) is 0 Å². The summed E-state index contributed by atoms with van der Waals surface area (Å²) in [6, 6.07) is 23.6. The first kappa shape index (κ1) is 24.2. The molecule has 0 aliphatic heterocycles. The van der Waals surface area contributed by atoms with Crippen molar-refractivity contribution in [3.63, 3.8) is 0 Å². The van der Waals surface area contributed by atoms with E-state index in [1.807, 2.05) is 36.4 Å². The number of furan rings is 1. The fourth-order valence-corrected chi connectivity index (χ4v) is 4.74. The minimum absolute atomic E-state index is 0.178. The van der Waals surface area contributed by atoms with Crippen molar-refractivity contribution in [3.8, 4) is 11.4 Å². The largest absolute Gasteiger partial charge is 0.486 e. The summed E-state index contributed by atoms with van der Waals surface area (Å²) < 4.78 is 16.0. The van der Waals surface area contributed by atoms with Crippen LogP contribution in [0.3, 0.4) is 0 Å². The van der Waals surface area contributed by atoms with Gasteiger partial charge in [0.1, 0.15) is 18.1 Å². The molecule has 0 atom stereocenters. The Morgan fingerprint density at radius 1 is 0.973 bits per heavy atom. The number of hydrazone groups is 1. The number of carbonyl (C=O) groups is 1. The molecule has 3 heterocycles. The fourth-order valence-electron chi connectivity index (χ4n) is 4.74. The van der Waals surface area contributed by atoms with E-state index in [1.54, 1.807) is 18.3 Å². The summed E-state index contributed by atoms with van der Waals surface area (Å²) in [7, 11) is 0. The maximum absolute atomic E-state index is 12.6. The number of rotatable bonds is 8. The van der Waals surface area contributed by atoms with Crippen molar-refractivity contribution in [2.45, 2.75) is 40.8 Å². The first-order valence-corrected chi connectivity index (χ1v) is 12.3. The number of para-hydroxylation sites is 1. The van der Waals surface area contributed by atoms with Gasteiger partial charge in [-0.25, -0.2) is 5.43 Å². The van der Waals surface area contributed by atoms with Gasteiger partial charge in [-0.05, 0) is 82.3 Å². The van der Waals surface area contributed by atoms with Gasteiger partial charge in [-0.1, -0.05) is 18.2 Å². The van der Waals surface area contributed by atoms with Crippen LogP contribution in [0.2, 0.25) is 0 Å². The second kappa shape index (κ2) is 10.2. The molecular formula is C30H30N4O3. The van der Waals surface area contributed by atoms with Crippen LogP contribution in [0.25, 0.3) is 16.6 Å². The number of carbonyl (C=O) groups excluding carboxylic acids is 1. The van der Waals surface area contributed by atoms with Crippen LogP contribution >= 0.6 is 0 Å². The molecule has 0 saturated heterocycles. The highest BCUT2D eigenvalue weighted by Crippen LogP contribution is 2.24. The van der Waals surface area contributed by atoms with Gasteiger partial charge in [0.25, 0.3) is 0 Å². The number of hydrogen-bond donors (Lipinski definition) is 1. The molecule has 3 aromatic heterocycles. The Morgan fingerprint density at radius 2 is 1.70 bits per heavy atom. The van der Waals surface area contributed by atoms with Crippen molar-refractivity contribution in [3.05, 3.63) is 107 Å². The third kappa shape index (κ3) is 4.80. The highest BCUT2D eigenvalue weighted by molar-refractivity contribution is 6.01. The van der Waals surface area contributed by atoms with Gasteiger partial charge in [0.15, 0.2) is 5.76 Å². The van der Waals surface area contributed by atoms with Gasteiger partial charge in [0.2, 0.25) is 0 Å². The molecular weight excluding hydrogens is 464 g/mol. The number of benzene rings is 2. The highest BCUT2D eigenvalue weighted by Gasteiger charge is 2.13. The van der Waals surface area contributed by atoms with E-state index in [0.29, 0.717) is 5.76 Å². The Morgan fingerprint density at radius 3 is 2.43 bits per heavy atom. The van der Waals surface area contributed by atoms with Crippen LogP contribution in [0.15, 0.2) is 82.3 Å². The summed E-state index contributed by atoms with van der Waals surface area (Å²) in [5.74, 6) is 1.04. The van der Waals surface area contributed by atoms with E-state index in [9.17, 15) is 4.79 Å². The molecule has 188 valence electrons. The average molecular weight is 495 g/mol. The second-order valence-corrected chi connectivity index (χ2v) is 8.96. The maximum Gasteiger partial charge on any atom is 0.307 e. The zero-order valence-corrected chi connectivity index (χ0v) is 21.5. The molecule has 0 bridgehead atoms. The summed E-state index contributed by atoms with van der Waals surface area (Å²) in [6.45, 7) is 9.41. The lowest BCUT2D eigenvalue weighted by Crippen LogP contribution is -2.16. The summed E-state index contributed by atoms with van der Waals surface area (Å²) in [6.07, 6.45) is 1.69. The van der Waals surface area contributed by atoms with Crippen molar-refractivity contribution in [1.29, 1.82) is 0 Å². The number of nitrogens with one attached hydrogen (secondary N) is 1. The highest BCUT2D eigenvalue weighted by atomic mass is 16.5.